The molecule has 0 aromatic rings. The first-order valence-corrected chi connectivity index (χ1v) is 33.6. The number of unbranched alkanes of at least 4 members (excludes halogenated alkanes) is 10. The second-order valence-electron chi connectivity index (χ2n) is 23.2. The fourth-order valence-corrected chi connectivity index (χ4v) is 10.2. The van der Waals surface area contributed by atoms with Crippen LogP contribution in [0.1, 0.15) is 168 Å². The van der Waals surface area contributed by atoms with Gasteiger partial charge < -0.3 is 89.9 Å². The Morgan fingerprint density at radius 2 is 0.769 bits per heavy atom. The van der Waals surface area contributed by atoms with E-state index in [1.54, 1.807) is 6.08 Å². The Balaban J connectivity index is 1.43. The lowest BCUT2D eigenvalue weighted by molar-refractivity contribution is -0.379. The molecular formula is C72H115NO18. The van der Waals surface area contributed by atoms with E-state index in [0.717, 1.165) is 96.3 Å². The van der Waals surface area contributed by atoms with E-state index in [9.17, 15) is 61.0 Å². The van der Waals surface area contributed by atoms with E-state index in [0.29, 0.717) is 12.8 Å². The molecule has 19 nitrogen and oxygen atoms in total. The fourth-order valence-electron chi connectivity index (χ4n) is 10.2. The molecule has 3 rings (SSSR count). The maximum Gasteiger partial charge on any atom is 0.220 e. The predicted molar refractivity (Wildman–Crippen MR) is 355 cm³/mol. The Hall–Kier alpha value is -4.33. The van der Waals surface area contributed by atoms with Crippen LogP contribution in [-0.4, -0.2) is 193 Å². The monoisotopic (exact) mass is 1280 g/mol. The Bertz CT molecular complexity index is 2220. The molecule has 3 aliphatic rings. The summed E-state index contributed by atoms with van der Waals surface area (Å²) in [6, 6.07) is -1.02. The molecule has 91 heavy (non-hydrogen) atoms. The van der Waals surface area contributed by atoms with Crippen molar-refractivity contribution in [3.63, 3.8) is 0 Å². The van der Waals surface area contributed by atoms with Crippen molar-refractivity contribution >= 4 is 5.91 Å². The topological polar surface area (TPSA) is 307 Å². The van der Waals surface area contributed by atoms with Crippen LogP contribution in [0.4, 0.5) is 0 Å². The smallest absolute Gasteiger partial charge is 0.220 e. The number of aliphatic hydroxyl groups is 11. The number of ether oxygens (including phenoxy) is 6. The molecule has 3 aliphatic heterocycles. The van der Waals surface area contributed by atoms with E-state index in [1.165, 1.54) is 38.5 Å². The summed E-state index contributed by atoms with van der Waals surface area (Å²) in [5, 5.41) is 120. The molecular weight excluding hydrogens is 1170 g/mol. The minimum atomic E-state index is -1.99. The Morgan fingerprint density at radius 1 is 0.407 bits per heavy atom. The van der Waals surface area contributed by atoms with Crippen molar-refractivity contribution < 1.29 is 89.4 Å². The largest absolute Gasteiger partial charge is 0.394 e. The number of hydrogen-bond donors (Lipinski definition) is 12. The van der Waals surface area contributed by atoms with Crippen molar-refractivity contribution in [2.45, 2.75) is 272 Å². The number of aliphatic hydroxyl groups excluding tert-OH is 11. The van der Waals surface area contributed by atoms with Crippen molar-refractivity contribution in [3.05, 3.63) is 146 Å². The molecule has 1 amide bonds. The number of carbonyl (C=O) groups excluding carboxylic acids is 1. The van der Waals surface area contributed by atoms with Crippen molar-refractivity contribution in [3.8, 4) is 0 Å². The maximum absolute atomic E-state index is 13.3. The lowest BCUT2D eigenvalue weighted by Gasteiger charge is -2.48. The number of carbonyl (C=O) groups is 1. The first-order chi connectivity index (χ1) is 44.3. The van der Waals surface area contributed by atoms with Crippen molar-refractivity contribution in [1.29, 1.82) is 0 Å². The highest BCUT2D eigenvalue weighted by Gasteiger charge is 2.53. The molecule has 3 heterocycles. The van der Waals surface area contributed by atoms with Crippen LogP contribution < -0.4 is 5.32 Å². The van der Waals surface area contributed by atoms with E-state index in [1.807, 2.05) is 6.08 Å². The number of hydrogen-bond acceptors (Lipinski definition) is 18. The number of allylic oxidation sites excluding steroid dienone is 23. The first-order valence-electron chi connectivity index (χ1n) is 33.6. The Labute approximate surface area is 542 Å². The van der Waals surface area contributed by atoms with Crippen LogP contribution >= 0.6 is 0 Å². The third-order valence-corrected chi connectivity index (χ3v) is 15.6. The average Bonchev–Trinajstić information content (AvgIpc) is 0.871. The number of rotatable bonds is 48. The molecule has 0 aromatic carbocycles. The SMILES string of the molecule is CC/C=C\C/C=C\C/C=C\C/C=C\C/C=C\C/C=C\C/C=C\C/C=C\C/C=C\C/C=C\CCCCC(=O)NC(COC1OC(CO)C(OC2OC(CO)C(OC3OC(CO)C(O)C(O)C3O)C(O)C2O)C(O)C1O)C(O)/C=C/CC/C=C/CCCCCCCCC. The minimum absolute atomic E-state index is 0.169. The quantitative estimate of drug-likeness (QED) is 0.0201. The zero-order valence-corrected chi connectivity index (χ0v) is 54.2. The molecule has 17 unspecified atom stereocenters. The molecule has 12 N–H and O–H groups in total. The zero-order chi connectivity index (χ0) is 66.1. The number of nitrogens with one attached hydrogen (secondary N) is 1. The zero-order valence-electron chi connectivity index (χ0n) is 54.2. The van der Waals surface area contributed by atoms with Gasteiger partial charge >= 0.3 is 0 Å². The van der Waals surface area contributed by atoms with Gasteiger partial charge in [0.05, 0.1) is 38.6 Å². The van der Waals surface area contributed by atoms with Gasteiger partial charge in [-0.3, -0.25) is 4.79 Å². The normalized spacial score (nSPS) is 28.8. The summed E-state index contributed by atoms with van der Waals surface area (Å²) in [4.78, 5) is 13.3. The third kappa shape index (κ3) is 34.1. The van der Waals surface area contributed by atoms with Gasteiger partial charge in [-0.1, -0.05) is 198 Å². The molecule has 3 fully saturated rings. The molecule has 516 valence electrons. The van der Waals surface area contributed by atoms with Gasteiger partial charge in [0, 0.05) is 6.42 Å². The van der Waals surface area contributed by atoms with Gasteiger partial charge in [0.2, 0.25) is 5.91 Å². The summed E-state index contributed by atoms with van der Waals surface area (Å²) in [5.74, 6) is -0.336. The van der Waals surface area contributed by atoms with Crippen LogP contribution in [-0.2, 0) is 33.2 Å². The predicted octanol–water partition coefficient (Wildman–Crippen LogP) is 8.37. The van der Waals surface area contributed by atoms with E-state index in [2.05, 4.69) is 153 Å². The maximum atomic E-state index is 13.3. The van der Waals surface area contributed by atoms with E-state index < -0.39 is 131 Å². The van der Waals surface area contributed by atoms with Gasteiger partial charge in [-0.05, 0) is 109 Å². The average molecular weight is 1280 g/mol. The first kappa shape index (κ1) is 80.9. The molecule has 19 heteroatoms. The summed E-state index contributed by atoms with van der Waals surface area (Å²) in [6.45, 7) is 1.51. The summed E-state index contributed by atoms with van der Waals surface area (Å²) in [6.07, 6.45) is 46.9. The van der Waals surface area contributed by atoms with Crippen LogP contribution in [0.2, 0.25) is 0 Å². The highest BCUT2D eigenvalue weighted by atomic mass is 16.8. The summed E-state index contributed by atoms with van der Waals surface area (Å²) < 4.78 is 34.2. The second-order valence-corrected chi connectivity index (χ2v) is 23.2. The lowest BCUT2D eigenvalue weighted by Crippen LogP contribution is -2.66. The van der Waals surface area contributed by atoms with E-state index in [4.69, 9.17) is 28.4 Å². The lowest BCUT2D eigenvalue weighted by atomic mass is 9.96. The molecule has 3 saturated heterocycles. The molecule has 0 aromatic heterocycles. The standard InChI is InChI=1S/C72H115NO18/c1-3-5-7-9-11-13-15-17-18-19-20-21-22-23-24-25-26-27-28-29-30-31-32-33-34-35-36-38-40-42-44-46-48-50-60(78)73-55(56(77)49-47-45-43-41-39-37-16-14-12-10-8-6-4-2)54-86-70-66(84)63(81)68(58(52-75)88-70)91-72-67(85)64(82)69(59(53-76)89-72)90-71-65(83)62(80)61(79)57(51-74)87-71/h5,7,11,13,17-18,20-21,23-24,26-27,29-30,32-33,35-36,39-42,47,49,55-59,61-72,74-77,79-85H,3-4,6,8-10,12,14-16,19,22,25,28,31,34,37-38,43-46,48,50-54H2,1-2H3,(H,73,78)/b7-5-,13-11-,18-17-,21-20-,24-23-,27-26-,30-29-,33-32-,36-35-,41-39+,42-40-,49-47+. The van der Waals surface area contributed by atoms with E-state index >= 15 is 0 Å². The molecule has 0 spiro atoms. The molecule has 0 bridgehead atoms. The van der Waals surface area contributed by atoms with Crippen molar-refractivity contribution in [2.75, 3.05) is 26.4 Å². The van der Waals surface area contributed by atoms with Gasteiger partial charge in [-0.2, -0.15) is 0 Å². The van der Waals surface area contributed by atoms with Gasteiger partial charge in [0.1, 0.15) is 73.2 Å². The Kier molecular flexibility index (Phi) is 46.2. The van der Waals surface area contributed by atoms with Gasteiger partial charge in [0.15, 0.2) is 18.9 Å². The van der Waals surface area contributed by atoms with E-state index in [-0.39, 0.29) is 12.3 Å². The third-order valence-electron chi connectivity index (χ3n) is 15.6. The molecule has 17 atom stereocenters. The molecule has 0 aliphatic carbocycles. The summed E-state index contributed by atoms with van der Waals surface area (Å²) in [5.41, 5.74) is 0. The minimum Gasteiger partial charge on any atom is -0.394 e. The van der Waals surface area contributed by atoms with Crippen LogP contribution in [0, 0.1) is 0 Å². The Morgan fingerprint density at radius 3 is 1.23 bits per heavy atom. The highest BCUT2D eigenvalue weighted by molar-refractivity contribution is 5.76. The van der Waals surface area contributed by atoms with Crippen LogP contribution in [0.25, 0.3) is 0 Å². The van der Waals surface area contributed by atoms with Crippen LogP contribution in [0.5, 0.6) is 0 Å². The fraction of sp³-hybridized carbons (Fsp3) is 0.653. The molecule has 0 saturated carbocycles. The van der Waals surface area contributed by atoms with Crippen molar-refractivity contribution in [2.24, 2.45) is 0 Å². The molecule has 0 radical (unpaired) electrons. The summed E-state index contributed by atoms with van der Waals surface area (Å²) in [7, 11) is 0. The summed E-state index contributed by atoms with van der Waals surface area (Å²) >= 11 is 0. The van der Waals surface area contributed by atoms with Crippen LogP contribution in [0.15, 0.2) is 146 Å². The highest BCUT2D eigenvalue weighted by Crippen LogP contribution is 2.33. The van der Waals surface area contributed by atoms with Gasteiger partial charge in [0.25, 0.3) is 0 Å². The number of amides is 1. The second kappa shape index (κ2) is 52.0. The van der Waals surface area contributed by atoms with Gasteiger partial charge in [-0.25, -0.2) is 0 Å². The van der Waals surface area contributed by atoms with Gasteiger partial charge in [-0.15, -0.1) is 0 Å². The van der Waals surface area contributed by atoms with Crippen molar-refractivity contribution in [1.82, 2.24) is 5.32 Å². The van der Waals surface area contributed by atoms with Crippen LogP contribution in [0.3, 0.4) is 0 Å².